The molecule has 164 valence electrons. The van der Waals surface area contributed by atoms with Crippen molar-refractivity contribution in [1.82, 2.24) is 10.1 Å². The SMILES string of the molecule is CCCCCCC(C(=O)O)C(=O)O.O=C1CCC(=O)N1O.O=C1CCC(=O)N1O. The number of aliphatic carboxylic acids is 2. The fourth-order valence-electron chi connectivity index (χ4n) is 2.26. The summed E-state index contributed by atoms with van der Waals surface area (Å²) in [6.07, 6.45) is 4.52. The highest BCUT2D eigenvalue weighted by Crippen LogP contribution is 2.11. The van der Waals surface area contributed by atoms with E-state index in [1.807, 2.05) is 6.92 Å². The number of carbonyl (C=O) groups excluding carboxylic acids is 4. The second-order valence-corrected chi connectivity index (χ2v) is 6.28. The van der Waals surface area contributed by atoms with E-state index in [0.717, 1.165) is 19.3 Å². The van der Waals surface area contributed by atoms with Crippen molar-refractivity contribution < 1.29 is 49.4 Å². The Kier molecular flexibility index (Phi) is 12.0. The number of imide groups is 2. The molecular weight excluding hydrogens is 392 g/mol. The number of carbonyl (C=O) groups is 6. The molecule has 4 amide bonds. The van der Waals surface area contributed by atoms with Gasteiger partial charge < -0.3 is 10.2 Å². The van der Waals surface area contributed by atoms with Gasteiger partial charge in [0.25, 0.3) is 23.6 Å². The van der Waals surface area contributed by atoms with Crippen LogP contribution in [0, 0.1) is 5.92 Å². The first-order valence-corrected chi connectivity index (χ1v) is 9.07. The van der Waals surface area contributed by atoms with Crippen LogP contribution in [0.3, 0.4) is 0 Å². The van der Waals surface area contributed by atoms with E-state index in [9.17, 15) is 28.8 Å². The monoisotopic (exact) mass is 418 g/mol. The van der Waals surface area contributed by atoms with Gasteiger partial charge in [-0.15, -0.1) is 0 Å². The fourth-order valence-corrected chi connectivity index (χ4v) is 2.26. The summed E-state index contributed by atoms with van der Waals surface area (Å²) in [7, 11) is 0. The summed E-state index contributed by atoms with van der Waals surface area (Å²) in [6.45, 7) is 2.05. The number of hydrogen-bond donors (Lipinski definition) is 4. The smallest absolute Gasteiger partial charge is 0.317 e. The second kappa shape index (κ2) is 13.3. The Morgan fingerprint density at radius 2 is 1.10 bits per heavy atom. The summed E-state index contributed by atoms with van der Waals surface area (Å²) in [4.78, 5) is 61.8. The van der Waals surface area contributed by atoms with Crippen LogP contribution < -0.4 is 0 Å². The molecule has 2 saturated heterocycles. The molecule has 2 fully saturated rings. The quantitative estimate of drug-likeness (QED) is 0.199. The first kappa shape index (κ1) is 26.1. The van der Waals surface area contributed by atoms with Crippen LogP contribution in [0.15, 0.2) is 0 Å². The maximum Gasteiger partial charge on any atom is 0.317 e. The average molecular weight is 418 g/mol. The van der Waals surface area contributed by atoms with Crippen LogP contribution in [0.4, 0.5) is 0 Å². The molecule has 0 aromatic heterocycles. The van der Waals surface area contributed by atoms with E-state index in [4.69, 9.17) is 20.6 Å². The highest BCUT2D eigenvalue weighted by atomic mass is 16.5. The third kappa shape index (κ3) is 9.76. The molecule has 4 N–H and O–H groups in total. The van der Waals surface area contributed by atoms with E-state index in [2.05, 4.69) is 0 Å². The van der Waals surface area contributed by atoms with E-state index in [1.165, 1.54) is 0 Å². The van der Waals surface area contributed by atoms with Crippen molar-refractivity contribution >= 4 is 35.6 Å². The molecule has 0 spiro atoms. The minimum absolute atomic E-state index is 0.148. The van der Waals surface area contributed by atoms with E-state index in [-0.39, 0.29) is 42.2 Å². The van der Waals surface area contributed by atoms with Crippen LogP contribution in [0.25, 0.3) is 0 Å². The molecule has 29 heavy (non-hydrogen) atoms. The highest BCUT2D eigenvalue weighted by molar-refractivity contribution is 6.00. The van der Waals surface area contributed by atoms with Gasteiger partial charge >= 0.3 is 11.9 Å². The predicted octanol–water partition coefficient (Wildman–Crippen LogP) is 0.791. The van der Waals surface area contributed by atoms with Gasteiger partial charge in [0.15, 0.2) is 5.92 Å². The molecule has 2 aliphatic heterocycles. The molecule has 0 aromatic rings. The van der Waals surface area contributed by atoms with E-state index < -0.39 is 41.5 Å². The lowest BCUT2D eigenvalue weighted by Crippen LogP contribution is -2.24. The lowest BCUT2D eigenvalue weighted by Gasteiger charge is -2.05. The van der Waals surface area contributed by atoms with Crippen molar-refractivity contribution in [2.75, 3.05) is 0 Å². The zero-order valence-corrected chi connectivity index (χ0v) is 16.1. The van der Waals surface area contributed by atoms with Crippen molar-refractivity contribution in [2.45, 2.75) is 64.7 Å². The van der Waals surface area contributed by atoms with Crippen LogP contribution in [0.1, 0.15) is 64.7 Å². The first-order valence-electron chi connectivity index (χ1n) is 9.07. The van der Waals surface area contributed by atoms with Gasteiger partial charge in [-0.1, -0.05) is 32.6 Å². The number of unbranched alkanes of at least 4 members (excludes halogenated alkanes) is 3. The van der Waals surface area contributed by atoms with Crippen LogP contribution in [-0.4, -0.2) is 66.3 Å². The third-order valence-electron chi connectivity index (χ3n) is 3.99. The van der Waals surface area contributed by atoms with E-state index in [1.54, 1.807) is 0 Å². The van der Waals surface area contributed by atoms with Gasteiger partial charge in [-0.25, -0.2) is 0 Å². The van der Waals surface area contributed by atoms with Gasteiger partial charge in [-0.2, -0.15) is 10.1 Å². The van der Waals surface area contributed by atoms with Gasteiger partial charge in [0, 0.05) is 25.7 Å². The van der Waals surface area contributed by atoms with Crippen LogP contribution in [0.5, 0.6) is 0 Å². The Labute approximate surface area is 166 Å². The summed E-state index contributed by atoms with van der Waals surface area (Å²) < 4.78 is 0. The lowest BCUT2D eigenvalue weighted by molar-refractivity contribution is -0.172. The molecule has 2 aliphatic rings. The molecule has 2 heterocycles. The molecule has 0 aromatic carbocycles. The fraction of sp³-hybridized carbons (Fsp3) is 0.647. The van der Waals surface area contributed by atoms with Crippen molar-refractivity contribution in [2.24, 2.45) is 5.92 Å². The van der Waals surface area contributed by atoms with E-state index in [0.29, 0.717) is 6.42 Å². The van der Waals surface area contributed by atoms with Crippen LogP contribution in [0.2, 0.25) is 0 Å². The van der Waals surface area contributed by atoms with Crippen LogP contribution in [-0.2, 0) is 28.8 Å². The zero-order valence-electron chi connectivity index (χ0n) is 16.1. The third-order valence-corrected chi connectivity index (χ3v) is 3.99. The number of rotatable bonds is 7. The predicted molar refractivity (Wildman–Crippen MR) is 93.3 cm³/mol. The topological polar surface area (TPSA) is 190 Å². The summed E-state index contributed by atoms with van der Waals surface area (Å²) in [5.41, 5.74) is 0. The number of amides is 4. The zero-order chi connectivity index (χ0) is 22.6. The number of hydroxylamine groups is 4. The van der Waals surface area contributed by atoms with Crippen molar-refractivity contribution in [3.63, 3.8) is 0 Å². The number of carboxylic acids is 2. The molecule has 12 heteroatoms. The van der Waals surface area contributed by atoms with E-state index >= 15 is 0 Å². The standard InChI is InChI=1S/C9H16O4.2C4H5NO3/c1-2-3-4-5-6-7(8(10)11)9(12)13;2*6-3-1-2-4(7)5(3)8/h7H,2-6H2,1H3,(H,10,11)(H,12,13);2*8H,1-2H2. The lowest BCUT2D eigenvalue weighted by atomic mass is 10.0. The summed E-state index contributed by atoms with van der Waals surface area (Å²) in [5.74, 6) is -5.71. The van der Waals surface area contributed by atoms with Gasteiger partial charge in [-0.3, -0.25) is 39.2 Å². The number of carboxylic acid groups (broad SMARTS) is 2. The second-order valence-electron chi connectivity index (χ2n) is 6.28. The average Bonchev–Trinajstić information content (AvgIpc) is 3.12. The summed E-state index contributed by atoms with van der Waals surface area (Å²) >= 11 is 0. The molecule has 2 rings (SSSR count). The molecule has 0 aliphatic carbocycles. The maximum absolute atomic E-state index is 10.4. The Morgan fingerprint density at radius 3 is 1.31 bits per heavy atom. The molecule has 12 nitrogen and oxygen atoms in total. The molecular formula is C17H26N2O10. The normalized spacial score (nSPS) is 15.9. The maximum atomic E-state index is 10.4. The Bertz CT molecular complexity index is 554. The number of hydrogen-bond acceptors (Lipinski definition) is 8. The molecule has 0 saturated carbocycles. The Morgan fingerprint density at radius 1 is 0.759 bits per heavy atom. The van der Waals surface area contributed by atoms with Crippen molar-refractivity contribution in [3.8, 4) is 0 Å². The Hall–Kier alpha value is -2.86. The number of nitrogens with zero attached hydrogens (tertiary/aromatic N) is 2. The largest absolute Gasteiger partial charge is 0.481 e. The first-order chi connectivity index (χ1) is 13.5. The van der Waals surface area contributed by atoms with Gasteiger partial charge in [0.1, 0.15) is 0 Å². The summed E-state index contributed by atoms with van der Waals surface area (Å²) in [6, 6.07) is 0. The molecule has 0 atom stereocenters. The minimum Gasteiger partial charge on any atom is -0.481 e. The van der Waals surface area contributed by atoms with Gasteiger partial charge in [0.2, 0.25) is 0 Å². The Balaban J connectivity index is 0.000000423. The minimum atomic E-state index is -1.23. The van der Waals surface area contributed by atoms with Crippen molar-refractivity contribution in [1.29, 1.82) is 0 Å². The van der Waals surface area contributed by atoms with Crippen molar-refractivity contribution in [3.05, 3.63) is 0 Å². The van der Waals surface area contributed by atoms with Gasteiger partial charge in [-0.05, 0) is 6.42 Å². The molecule has 0 unspecified atom stereocenters. The van der Waals surface area contributed by atoms with Crippen LogP contribution >= 0.6 is 0 Å². The summed E-state index contributed by atoms with van der Waals surface area (Å²) in [5, 5.41) is 34.2. The van der Waals surface area contributed by atoms with Gasteiger partial charge in [0.05, 0.1) is 0 Å². The molecule has 0 radical (unpaired) electrons. The molecule has 0 bridgehead atoms. The highest BCUT2D eigenvalue weighted by Gasteiger charge is 2.27.